The van der Waals surface area contributed by atoms with Crippen molar-refractivity contribution in [3.63, 3.8) is 0 Å². The topological polar surface area (TPSA) is 61.9 Å². The van der Waals surface area contributed by atoms with E-state index in [1.807, 2.05) is 37.3 Å². The minimum absolute atomic E-state index is 0. The Bertz CT molecular complexity index is 593. The number of carbonyl (C=O) groups excluding carboxylic acids is 2. The third-order valence-electron chi connectivity index (χ3n) is 4.95. The first-order valence-electron chi connectivity index (χ1n) is 9.17. The van der Waals surface area contributed by atoms with Gasteiger partial charge in [0.1, 0.15) is 12.1 Å². The van der Waals surface area contributed by atoms with Crippen LogP contribution in [-0.4, -0.2) is 67.0 Å². The van der Waals surface area contributed by atoms with Gasteiger partial charge in [-0.2, -0.15) is 0 Å². The van der Waals surface area contributed by atoms with E-state index >= 15 is 0 Å². The monoisotopic (exact) mass is 347 g/mol. The van der Waals surface area contributed by atoms with E-state index in [0.717, 1.165) is 31.5 Å². The normalized spacial score (nSPS) is 22.6. The molecule has 2 unspecified atom stereocenters. The number of ether oxygens (including phenoxy) is 1. The predicted molar refractivity (Wildman–Crippen MR) is 97.1 cm³/mol. The Morgan fingerprint density at radius 2 is 1.96 bits per heavy atom. The fourth-order valence-corrected chi connectivity index (χ4v) is 3.73. The van der Waals surface area contributed by atoms with Gasteiger partial charge in [-0.15, -0.1) is 0 Å². The van der Waals surface area contributed by atoms with Crippen LogP contribution < -0.4 is 5.32 Å². The van der Waals surface area contributed by atoms with E-state index in [4.69, 9.17) is 4.74 Å². The van der Waals surface area contributed by atoms with Crippen molar-refractivity contribution in [2.75, 3.05) is 39.4 Å². The number of amides is 2. The lowest BCUT2D eigenvalue weighted by atomic mass is 10.0. The highest BCUT2D eigenvalue weighted by atomic mass is 16.5. The van der Waals surface area contributed by atoms with Crippen molar-refractivity contribution in [2.45, 2.75) is 31.8 Å². The lowest BCUT2D eigenvalue weighted by Gasteiger charge is -2.37. The quantitative estimate of drug-likeness (QED) is 0.875. The number of likely N-dealkylation sites (N-methyl/N-ethyl adjacent to an activating group) is 1. The van der Waals surface area contributed by atoms with Crippen molar-refractivity contribution in [3.05, 3.63) is 35.9 Å². The molecule has 2 aliphatic heterocycles. The second kappa shape index (κ2) is 8.45. The third-order valence-corrected chi connectivity index (χ3v) is 4.95. The van der Waals surface area contributed by atoms with Gasteiger partial charge in [0.05, 0.1) is 13.2 Å². The van der Waals surface area contributed by atoms with E-state index in [2.05, 4.69) is 10.2 Å². The zero-order valence-electron chi connectivity index (χ0n) is 14.8. The molecule has 0 bridgehead atoms. The van der Waals surface area contributed by atoms with E-state index < -0.39 is 0 Å². The Hall–Kier alpha value is -1.92. The SMILES string of the molecule is CCNC(=O)C1CCCN1C(=O)C(c1ccccc1)N1CCOCC1.[HH]. The molecule has 0 aromatic heterocycles. The minimum atomic E-state index is -0.347. The van der Waals surface area contributed by atoms with Crippen LogP contribution in [0.15, 0.2) is 30.3 Å². The molecule has 6 nitrogen and oxygen atoms in total. The number of benzene rings is 1. The molecule has 0 saturated carbocycles. The summed E-state index contributed by atoms with van der Waals surface area (Å²) in [6.45, 7) is 5.86. The Labute approximate surface area is 150 Å². The summed E-state index contributed by atoms with van der Waals surface area (Å²) in [6.07, 6.45) is 1.61. The zero-order chi connectivity index (χ0) is 17.6. The van der Waals surface area contributed by atoms with Crippen LogP contribution in [0.25, 0.3) is 0 Å². The van der Waals surface area contributed by atoms with Crippen LogP contribution in [0, 0.1) is 0 Å². The summed E-state index contributed by atoms with van der Waals surface area (Å²) in [4.78, 5) is 29.7. The molecule has 3 rings (SSSR count). The summed E-state index contributed by atoms with van der Waals surface area (Å²) < 4.78 is 5.45. The number of carbonyl (C=O) groups is 2. The average Bonchev–Trinajstić information content (AvgIpc) is 3.14. The molecule has 138 valence electrons. The number of nitrogens with zero attached hydrogens (tertiary/aromatic N) is 2. The van der Waals surface area contributed by atoms with E-state index in [0.29, 0.717) is 26.3 Å². The maximum absolute atomic E-state index is 13.4. The second-order valence-electron chi connectivity index (χ2n) is 6.55. The molecule has 2 amide bonds. The van der Waals surface area contributed by atoms with Crippen molar-refractivity contribution in [1.29, 1.82) is 0 Å². The third kappa shape index (κ3) is 4.02. The van der Waals surface area contributed by atoms with Crippen molar-refractivity contribution >= 4 is 11.8 Å². The average molecular weight is 347 g/mol. The fourth-order valence-electron chi connectivity index (χ4n) is 3.73. The Balaban J connectivity index is 0.00000243. The van der Waals surface area contributed by atoms with Gasteiger partial charge in [0.25, 0.3) is 0 Å². The maximum atomic E-state index is 13.4. The number of hydrogen-bond donors (Lipinski definition) is 1. The molecule has 0 radical (unpaired) electrons. The van der Waals surface area contributed by atoms with E-state index in [1.165, 1.54) is 0 Å². The van der Waals surface area contributed by atoms with Crippen molar-refractivity contribution < 1.29 is 15.8 Å². The molecule has 2 fully saturated rings. The number of nitrogens with one attached hydrogen (secondary N) is 1. The molecule has 2 saturated heterocycles. The van der Waals surface area contributed by atoms with E-state index in [9.17, 15) is 9.59 Å². The lowest BCUT2D eigenvalue weighted by molar-refractivity contribution is -0.144. The second-order valence-corrected chi connectivity index (χ2v) is 6.55. The summed E-state index contributed by atoms with van der Waals surface area (Å²) in [5, 5.41) is 2.86. The highest BCUT2D eigenvalue weighted by molar-refractivity contribution is 5.91. The Morgan fingerprint density at radius 1 is 1.24 bits per heavy atom. The molecular weight excluding hydrogens is 318 g/mol. The standard InChI is InChI=1S/C19H27N3O3.H2/c1-2-20-18(23)16-9-6-10-22(16)19(24)17(15-7-4-3-5-8-15)21-11-13-25-14-12-21;/h3-5,7-8,16-17H,2,6,9-14H2,1H3,(H,20,23);1H. The van der Waals surface area contributed by atoms with Gasteiger partial charge in [0, 0.05) is 27.6 Å². The molecule has 0 spiro atoms. The summed E-state index contributed by atoms with van der Waals surface area (Å²) in [5.41, 5.74) is 0.982. The van der Waals surface area contributed by atoms with Crippen LogP contribution in [0.4, 0.5) is 0 Å². The molecule has 6 heteroatoms. The van der Waals surface area contributed by atoms with E-state index in [1.54, 1.807) is 4.90 Å². The summed E-state index contributed by atoms with van der Waals surface area (Å²) >= 11 is 0. The summed E-state index contributed by atoms with van der Waals surface area (Å²) in [5.74, 6) is -0.0102. The number of likely N-dealkylation sites (tertiary alicyclic amines) is 1. The van der Waals surface area contributed by atoms with Gasteiger partial charge >= 0.3 is 0 Å². The van der Waals surface area contributed by atoms with Gasteiger partial charge in [-0.25, -0.2) is 0 Å². The van der Waals surface area contributed by atoms with Gasteiger partial charge in [-0.1, -0.05) is 30.3 Å². The van der Waals surface area contributed by atoms with Gasteiger partial charge in [-0.05, 0) is 25.3 Å². The number of hydrogen-bond acceptors (Lipinski definition) is 4. The molecule has 2 heterocycles. The van der Waals surface area contributed by atoms with Crippen LogP contribution in [0.3, 0.4) is 0 Å². The van der Waals surface area contributed by atoms with Crippen LogP contribution in [-0.2, 0) is 14.3 Å². The molecule has 1 N–H and O–H groups in total. The van der Waals surface area contributed by atoms with Crippen molar-refractivity contribution in [1.82, 2.24) is 15.1 Å². The molecule has 0 aliphatic carbocycles. The first-order valence-corrected chi connectivity index (χ1v) is 9.17. The number of rotatable bonds is 5. The molecular formula is C19H29N3O3. The van der Waals surface area contributed by atoms with Gasteiger partial charge < -0.3 is 15.0 Å². The minimum Gasteiger partial charge on any atom is -0.379 e. The smallest absolute Gasteiger partial charge is 0.245 e. The first kappa shape index (κ1) is 17.9. The van der Waals surface area contributed by atoms with Gasteiger partial charge in [-0.3, -0.25) is 14.5 Å². The first-order chi connectivity index (χ1) is 12.2. The Morgan fingerprint density at radius 3 is 2.64 bits per heavy atom. The number of morpholine rings is 1. The Kier molecular flexibility index (Phi) is 6.04. The largest absolute Gasteiger partial charge is 0.379 e. The molecule has 2 aliphatic rings. The van der Waals surface area contributed by atoms with Crippen LogP contribution in [0.1, 0.15) is 32.8 Å². The molecule has 25 heavy (non-hydrogen) atoms. The highest BCUT2D eigenvalue weighted by Crippen LogP contribution is 2.28. The zero-order valence-corrected chi connectivity index (χ0v) is 14.8. The lowest BCUT2D eigenvalue weighted by Crippen LogP contribution is -2.51. The van der Waals surface area contributed by atoms with Crippen molar-refractivity contribution in [2.24, 2.45) is 0 Å². The summed E-state index contributed by atoms with van der Waals surface area (Å²) in [6, 6.07) is 9.17. The maximum Gasteiger partial charge on any atom is 0.245 e. The van der Waals surface area contributed by atoms with Crippen LogP contribution >= 0.6 is 0 Å². The van der Waals surface area contributed by atoms with Crippen LogP contribution in [0.2, 0.25) is 0 Å². The highest BCUT2D eigenvalue weighted by Gasteiger charge is 2.39. The molecule has 1 aromatic carbocycles. The summed E-state index contributed by atoms with van der Waals surface area (Å²) in [7, 11) is 0. The fraction of sp³-hybridized carbons (Fsp3) is 0.579. The molecule has 2 atom stereocenters. The van der Waals surface area contributed by atoms with Crippen molar-refractivity contribution in [3.8, 4) is 0 Å². The molecule has 1 aromatic rings. The predicted octanol–water partition coefficient (Wildman–Crippen LogP) is 1.43. The van der Waals surface area contributed by atoms with Crippen LogP contribution in [0.5, 0.6) is 0 Å². The van der Waals surface area contributed by atoms with E-state index in [-0.39, 0.29) is 25.3 Å². The van der Waals surface area contributed by atoms with Gasteiger partial charge in [0.2, 0.25) is 11.8 Å². The van der Waals surface area contributed by atoms with Gasteiger partial charge in [0.15, 0.2) is 0 Å².